The van der Waals surface area contributed by atoms with Crippen LogP contribution in [-0.4, -0.2) is 23.0 Å². The predicted molar refractivity (Wildman–Crippen MR) is 95.4 cm³/mol. The molecule has 0 radical (unpaired) electrons. The van der Waals surface area contributed by atoms with Gasteiger partial charge in [-0.2, -0.15) is 0 Å². The van der Waals surface area contributed by atoms with Gasteiger partial charge in [-0.3, -0.25) is 4.79 Å². The van der Waals surface area contributed by atoms with E-state index < -0.39 is 0 Å². The van der Waals surface area contributed by atoms with Crippen molar-refractivity contribution in [3.05, 3.63) is 15.6 Å². The molecule has 22 heavy (non-hydrogen) atoms. The molecule has 2 saturated carbocycles. The van der Waals surface area contributed by atoms with Crippen molar-refractivity contribution in [1.29, 1.82) is 0 Å². The van der Waals surface area contributed by atoms with Gasteiger partial charge in [0, 0.05) is 12.1 Å². The number of carbonyl (C=O) groups is 1. The van der Waals surface area contributed by atoms with E-state index in [2.05, 4.69) is 10.3 Å². The first-order valence-electron chi connectivity index (χ1n) is 7.55. The van der Waals surface area contributed by atoms with E-state index in [0.29, 0.717) is 23.9 Å². The maximum Gasteiger partial charge on any atom is 0.263 e. The van der Waals surface area contributed by atoms with Crippen molar-refractivity contribution in [2.75, 3.05) is 0 Å². The molecule has 2 atom stereocenters. The third kappa shape index (κ3) is 3.94. The molecule has 1 heterocycles. The number of aryl methyl sites for hydroxylation is 2. The Morgan fingerprint density at radius 2 is 1.82 bits per heavy atom. The fraction of sp³-hybridized carbons (Fsp3) is 0.733. The number of carbonyl (C=O) groups excluding carboxylic acids is 1. The van der Waals surface area contributed by atoms with Crippen molar-refractivity contribution in [3.63, 3.8) is 0 Å². The van der Waals surface area contributed by atoms with Crippen LogP contribution in [0.1, 0.15) is 52.5 Å². The molecule has 3 rings (SSSR count). The average molecular weight is 366 g/mol. The Balaban J connectivity index is 0.00000121. The summed E-state index contributed by atoms with van der Waals surface area (Å²) in [4.78, 5) is 17.6. The summed E-state index contributed by atoms with van der Waals surface area (Å²) in [6, 6.07) is 0.642. The quantitative estimate of drug-likeness (QED) is 0.844. The Hall–Kier alpha value is -0.360. The number of rotatable bonds is 2. The molecule has 2 bridgehead atoms. The van der Waals surface area contributed by atoms with Gasteiger partial charge < -0.3 is 11.1 Å². The highest BCUT2D eigenvalue weighted by molar-refractivity contribution is 7.13. The van der Waals surface area contributed by atoms with Gasteiger partial charge in [0.15, 0.2) is 0 Å². The lowest BCUT2D eigenvalue weighted by Gasteiger charge is -2.45. The number of aromatic nitrogens is 1. The highest BCUT2D eigenvalue weighted by atomic mass is 35.5. The first-order chi connectivity index (χ1) is 9.54. The largest absolute Gasteiger partial charge is 0.348 e. The third-order valence-electron chi connectivity index (χ3n) is 4.78. The summed E-state index contributed by atoms with van der Waals surface area (Å²) in [7, 11) is 0. The van der Waals surface area contributed by atoms with E-state index in [4.69, 9.17) is 5.73 Å². The number of halogens is 2. The van der Waals surface area contributed by atoms with Crippen molar-refractivity contribution in [3.8, 4) is 0 Å². The number of fused-ring (bicyclic) bond motifs is 2. The maximum absolute atomic E-state index is 12.5. The van der Waals surface area contributed by atoms with Crippen LogP contribution in [0.25, 0.3) is 0 Å². The molecule has 0 spiro atoms. The Morgan fingerprint density at radius 3 is 2.32 bits per heavy atom. The van der Waals surface area contributed by atoms with Crippen LogP contribution in [0.15, 0.2) is 0 Å². The number of nitrogens with two attached hydrogens (primary N) is 1. The molecular weight excluding hydrogens is 341 g/mol. The molecule has 2 unspecified atom stereocenters. The number of hydrogen-bond donors (Lipinski definition) is 2. The zero-order valence-electron chi connectivity index (χ0n) is 13.0. The van der Waals surface area contributed by atoms with Crippen LogP contribution >= 0.6 is 36.2 Å². The lowest BCUT2D eigenvalue weighted by molar-refractivity contribution is 0.0759. The van der Waals surface area contributed by atoms with Gasteiger partial charge in [0.1, 0.15) is 4.88 Å². The smallest absolute Gasteiger partial charge is 0.263 e. The number of hydrogen-bond acceptors (Lipinski definition) is 4. The SMILES string of the molecule is Cc1nc(C)c(C(=O)NC2C3CCCC2CC(N)C3)s1.Cl.Cl. The first kappa shape index (κ1) is 19.7. The van der Waals surface area contributed by atoms with Crippen molar-refractivity contribution >= 4 is 42.1 Å². The van der Waals surface area contributed by atoms with Crippen LogP contribution in [0, 0.1) is 25.7 Å². The second kappa shape index (κ2) is 7.95. The zero-order valence-corrected chi connectivity index (χ0v) is 15.5. The Morgan fingerprint density at radius 1 is 1.23 bits per heavy atom. The first-order valence-corrected chi connectivity index (χ1v) is 8.36. The molecule has 1 amide bonds. The summed E-state index contributed by atoms with van der Waals surface area (Å²) in [5.74, 6) is 1.19. The minimum Gasteiger partial charge on any atom is -0.348 e. The third-order valence-corrected chi connectivity index (χ3v) is 5.86. The molecular formula is C15H25Cl2N3OS. The molecule has 0 aromatic carbocycles. The van der Waals surface area contributed by atoms with Crippen molar-refractivity contribution in [1.82, 2.24) is 10.3 Å². The molecule has 126 valence electrons. The molecule has 2 aliphatic rings. The lowest BCUT2D eigenvalue weighted by atomic mass is 9.67. The van der Waals surface area contributed by atoms with Gasteiger partial charge in [0.2, 0.25) is 0 Å². The molecule has 1 aromatic rings. The summed E-state index contributed by atoms with van der Waals surface area (Å²) >= 11 is 1.49. The second-order valence-electron chi connectivity index (χ2n) is 6.33. The zero-order chi connectivity index (χ0) is 14.3. The Bertz CT molecular complexity index is 509. The Kier molecular flexibility index (Phi) is 7.12. The van der Waals surface area contributed by atoms with Crippen LogP contribution < -0.4 is 11.1 Å². The maximum atomic E-state index is 12.5. The average Bonchev–Trinajstić information content (AvgIpc) is 2.69. The number of nitrogens with zero attached hydrogens (tertiary/aromatic N) is 1. The van der Waals surface area contributed by atoms with E-state index in [9.17, 15) is 4.79 Å². The molecule has 1 aromatic heterocycles. The highest BCUT2D eigenvalue weighted by Gasteiger charge is 2.40. The highest BCUT2D eigenvalue weighted by Crippen LogP contribution is 2.39. The van der Waals surface area contributed by atoms with E-state index >= 15 is 0 Å². The van der Waals surface area contributed by atoms with Crippen LogP contribution in [-0.2, 0) is 0 Å². The van der Waals surface area contributed by atoms with Gasteiger partial charge in [-0.1, -0.05) is 6.42 Å². The van der Waals surface area contributed by atoms with E-state index in [0.717, 1.165) is 28.4 Å². The van der Waals surface area contributed by atoms with Gasteiger partial charge in [0.05, 0.1) is 10.7 Å². The second-order valence-corrected chi connectivity index (χ2v) is 7.53. The summed E-state index contributed by atoms with van der Waals surface area (Å²) in [5, 5.41) is 4.24. The summed E-state index contributed by atoms with van der Waals surface area (Å²) < 4.78 is 0. The monoisotopic (exact) mass is 365 g/mol. The fourth-order valence-electron chi connectivity index (χ4n) is 3.98. The molecule has 7 heteroatoms. The Labute approximate surface area is 148 Å². The van der Waals surface area contributed by atoms with Gasteiger partial charge in [-0.15, -0.1) is 36.2 Å². The van der Waals surface area contributed by atoms with Crippen LogP contribution in [0.2, 0.25) is 0 Å². The number of amides is 1. The van der Waals surface area contributed by atoms with Crippen molar-refractivity contribution in [2.45, 2.75) is 58.0 Å². The molecule has 4 nitrogen and oxygen atoms in total. The normalized spacial score (nSPS) is 30.0. The van der Waals surface area contributed by atoms with Gasteiger partial charge in [-0.05, 0) is 51.4 Å². The summed E-state index contributed by atoms with van der Waals surface area (Å²) in [6.07, 6.45) is 5.81. The molecule has 0 saturated heterocycles. The van der Waals surface area contributed by atoms with Gasteiger partial charge in [-0.25, -0.2) is 4.98 Å². The van der Waals surface area contributed by atoms with Crippen molar-refractivity contribution < 1.29 is 4.79 Å². The topological polar surface area (TPSA) is 68.0 Å². The number of thiazole rings is 1. The van der Waals surface area contributed by atoms with E-state index in [-0.39, 0.29) is 30.7 Å². The van der Waals surface area contributed by atoms with Crippen LogP contribution in [0.3, 0.4) is 0 Å². The molecule has 2 fully saturated rings. The molecule has 2 aliphatic carbocycles. The van der Waals surface area contributed by atoms with E-state index in [1.807, 2.05) is 13.8 Å². The van der Waals surface area contributed by atoms with Crippen LogP contribution in [0.5, 0.6) is 0 Å². The van der Waals surface area contributed by atoms with Gasteiger partial charge >= 0.3 is 0 Å². The molecule has 0 aliphatic heterocycles. The summed E-state index contributed by atoms with van der Waals surface area (Å²) in [5.41, 5.74) is 6.99. The van der Waals surface area contributed by atoms with Crippen LogP contribution in [0.4, 0.5) is 0 Å². The van der Waals surface area contributed by atoms with Gasteiger partial charge in [0.25, 0.3) is 5.91 Å². The van der Waals surface area contributed by atoms with E-state index in [1.165, 1.54) is 30.6 Å². The summed E-state index contributed by atoms with van der Waals surface area (Å²) in [6.45, 7) is 3.86. The fourth-order valence-corrected chi connectivity index (χ4v) is 4.81. The lowest BCUT2D eigenvalue weighted by Crippen LogP contribution is -2.53. The van der Waals surface area contributed by atoms with E-state index in [1.54, 1.807) is 0 Å². The number of nitrogens with one attached hydrogen (secondary N) is 1. The molecule has 3 N–H and O–H groups in total. The standard InChI is InChI=1S/C15H23N3OS.2ClH/c1-8-14(20-9(2)17-8)15(19)18-13-10-4-3-5-11(13)7-12(16)6-10;;/h10-13H,3-7,16H2,1-2H3,(H,18,19);2*1H. The van der Waals surface area contributed by atoms with Crippen molar-refractivity contribution in [2.24, 2.45) is 17.6 Å². The minimum absolute atomic E-state index is 0. The predicted octanol–water partition coefficient (Wildman–Crippen LogP) is 3.24. The minimum atomic E-state index is 0.